The van der Waals surface area contributed by atoms with Crippen molar-refractivity contribution in [2.24, 2.45) is 0 Å². The van der Waals surface area contributed by atoms with E-state index in [1.165, 1.54) is 0 Å². The summed E-state index contributed by atoms with van der Waals surface area (Å²) in [6, 6.07) is 9.60. The third-order valence-corrected chi connectivity index (χ3v) is 5.45. The van der Waals surface area contributed by atoms with E-state index in [0.29, 0.717) is 24.0 Å². The molecule has 1 aromatic carbocycles. The lowest BCUT2D eigenvalue weighted by atomic mass is 10.1. The van der Waals surface area contributed by atoms with Crippen LogP contribution < -0.4 is 24.6 Å². The second-order valence-electron chi connectivity index (χ2n) is 6.90. The Morgan fingerprint density at radius 3 is 2.83 bits per heavy atom. The van der Waals surface area contributed by atoms with E-state index in [1.807, 2.05) is 45.9 Å². The molecule has 2 aliphatic heterocycles. The topological polar surface area (TPSA) is 73.2 Å². The van der Waals surface area contributed by atoms with E-state index >= 15 is 0 Å². The number of benzene rings is 1. The lowest BCUT2D eigenvalue weighted by Gasteiger charge is -2.32. The molecular weight excluding hydrogens is 406 g/mol. The van der Waals surface area contributed by atoms with Crippen LogP contribution in [0.3, 0.4) is 0 Å². The number of ether oxygens (including phenoxy) is 3. The van der Waals surface area contributed by atoms with Crippen LogP contribution in [0.1, 0.15) is 0 Å². The van der Waals surface area contributed by atoms with Crippen LogP contribution in [-0.4, -0.2) is 34.7 Å². The third-order valence-electron chi connectivity index (χ3n) is 5.17. The maximum atomic E-state index is 6.51. The van der Waals surface area contributed by atoms with Gasteiger partial charge in [0, 0.05) is 12.3 Å². The van der Waals surface area contributed by atoms with Crippen molar-refractivity contribution >= 4 is 34.4 Å². The largest absolute Gasteiger partial charge is 0.495 e. The van der Waals surface area contributed by atoms with Crippen molar-refractivity contribution in [1.29, 1.82) is 0 Å². The van der Waals surface area contributed by atoms with Gasteiger partial charge in [0.25, 0.3) is 0 Å². The van der Waals surface area contributed by atoms with E-state index in [2.05, 4.69) is 10.4 Å². The van der Waals surface area contributed by atoms with Crippen LogP contribution in [0.25, 0.3) is 16.9 Å². The standard InChI is InChI=1S/C21H16ClN5O3/c1-28-13-3-5-18-24-20-19-14(22)9-23-10-15(19)25-27(21(20)26(18)11-13)12-2-4-16-17(8-12)30-7-6-29-16/h2-5,8-11,25H,6-7H2,1H3. The van der Waals surface area contributed by atoms with E-state index in [4.69, 9.17) is 30.8 Å². The maximum Gasteiger partial charge on any atom is 0.165 e. The minimum absolute atomic E-state index is 0.518. The van der Waals surface area contributed by atoms with Crippen LogP contribution in [0.2, 0.25) is 5.02 Å². The summed E-state index contributed by atoms with van der Waals surface area (Å²) in [5, 5.41) is 2.46. The van der Waals surface area contributed by atoms with Gasteiger partial charge in [-0.15, -0.1) is 0 Å². The summed E-state index contributed by atoms with van der Waals surface area (Å²) in [5.74, 6) is 2.95. The molecule has 1 N–H and O–H groups in total. The van der Waals surface area contributed by atoms with Crippen LogP contribution in [0.5, 0.6) is 17.2 Å². The second-order valence-corrected chi connectivity index (χ2v) is 7.31. The minimum Gasteiger partial charge on any atom is -0.495 e. The number of imidazole rings is 1. The average molecular weight is 422 g/mol. The second kappa shape index (κ2) is 6.43. The van der Waals surface area contributed by atoms with Gasteiger partial charge in [-0.05, 0) is 24.3 Å². The molecule has 8 nitrogen and oxygen atoms in total. The molecule has 150 valence electrons. The first-order chi connectivity index (χ1) is 14.7. The van der Waals surface area contributed by atoms with Crippen molar-refractivity contribution in [2.45, 2.75) is 0 Å². The predicted molar refractivity (Wildman–Crippen MR) is 113 cm³/mol. The number of hydrogen-bond acceptors (Lipinski definition) is 7. The van der Waals surface area contributed by atoms with Gasteiger partial charge < -0.3 is 14.2 Å². The average Bonchev–Trinajstić information content (AvgIpc) is 3.16. The summed E-state index contributed by atoms with van der Waals surface area (Å²) >= 11 is 6.51. The first kappa shape index (κ1) is 17.2. The Morgan fingerprint density at radius 1 is 1.10 bits per heavy atom. The summed E-state index contributed by atoms with van der Waals surface area (Å²) in [7, 11) is 1.64. The summed E-state index contributed by atoms with van der Waals surface area (Å²) in [4.78, 5) is 9.08. The quantitative estimate of drug-likeness (QED) is 0.517. The third kappa shape index (κ3) is 2.47. The molecule has 0 amide bonds. The van der Waals surface area contributed by atoms with E-state index in [-0.39, 0.29) is 0 Å². The van der Waals surface area contributed by atoms with E-state index in [9.17, 15) is 0 Å². The van der Waals surface area contributed by atoms with Crippen molar-refractivity contribution in [3.63, 3.8) is 0 Å². The number of pyridine rings is 2. The fourth-order valence-electron chi connectivity index (χ4n) is 3.81. The first-order valence-corrected chi connectivity index (χ1v) is 9.77. The molecule has 0 aliphatic carbocycles. The van der Waals surface area contributed by atoms with Gasteiger partial charge in [-0.1, -0.05) is 11.6 Å². The van der Waals surface area contributed by atoms with Gasteiger partial charge in [-0.25, -0.2) is 9.99 Å². The molecule has 3 aromatic heterocycles. The highest BCUT2D eigenvalue weighted by Gasteiger charge is 2.31. The Labute approximate surface area is 176 Å². The molecule has 0 saturated heterocycles. The number of methoxy groups -OCH3 is 1. The Balaban J connectivity index is 1.61. The van der Waals surface area contributed by atoms with Crippen LogP contribution in [-0.2, 0) is 0 Å². The molecule has 2 aliphatic rings. The van der Waals surface area contributed by atoms with Gasteiger partial charge in [0.15, 0.2) is 17.3 Å². The summed E-state index contributed by atoms with van der Waals surface area (Å²) in [5.41, 5.74) is 7.36. The van der Waals surface area contributed by atoms with Gasteiger partial charge >= 0.3 is 0 Å². The Hall–Kier alpha value is -3.65. The zero-order chi connectivity index (χ0) is 20.2. The monoisotopic (exact) mass is 421 g/mol. The number of aromatic nitrogens is 3. The van der Waals surface area contributed by atoms with Gasteiger partial charge in [0.2, 0.25) is 0 Å². The molecule has 4 aromatic rings. The van der Waals surface area contributed by atoms with Gasteiger partial charge in [-0.2, -0.15) is 0 Å². The van der Waals surface area contributed by atoms with Crippen LogP contribution >= 0.6 is 11.6 Å². The smallest absolute Gasteiger partial charge is 0.165 e. The van der Waals surface area contributed by atoms with Gasteiger partial charge in [0.1, 0.15) is 30.3 Å². The molecular formula is C21H16ClN5O3. The summed E-state index contributed by atoms with van der Waals surface area (Å²) in [6.07, 6.45) is 5.25. The van der Waals surface area contributed by atoms with E-state index in [0.717, 1.165) is 45.6 Å². The van der Waals surface area contributed by atoms with E-state index < -0.39 is 0 Å². The van der Waals surface area contributed by atoms with Gasteiger partial charge in [0.05, 0.1) is 41.5 Å². The summed E-state index contributed by atoms with van der Waals surface area (Å²) < 4.78 is 18.8. The molecule has 9 heteroatoms. The molecule has 5 heterocycles. The lowest BCUT2D eigenvalue weighted by molar-refractivity contribution is 0.171. The highest BCUT2D eigenvalue weighted by Crippen LogP contribution is 2.47. The fourth-order valence-corrected chi connectivity index (χ4v) is 4.05. The number of hydrazine groups is 1. The fraction of sp³-hybridized carbons (Fsp3) is 0.143. The Kier molecular flexibility index (Phi) is 3.69. The molecule has 0 saturated carbocycles. The zero-order valence-electron chi connectivity index (χ0n) is 15.9. The molecule has 0 spiro atoms. The van der Waals surface area contributed by atoms with Crippen molar-refractivity contribution < 1.29 is 14.2 Å². The zero-order valence-corrected chi connectivity index (χ0v) is 16.7. The number of hydrogen-bond donors (Lipinski definition) is 1. The van der Waals surface area contributed by atoms with Crippen LogP contribution in [0.15, 0.2) is 48.9 Å². The predicted octanol–water partition coefficient (Wildman–Crippen LogP) is 4.31. The SMILES string of the molecule is COc1ccc2nc3c(n2c1)N(c1ccc2c(c1)OCCO2)Nc1cncc(Cl)c1-3. The molecule has 0 bridgehead atoms. The van der Waals surface area contributed by atoms with Gasteiger partial charge in [-0.3, -0.25) is 14.8 Å². The lowest BCUT2D eigenvalue weighted by Crippen LogP contribution is -2.29. The normalized spacial score (nSPS) is 14.1. The minimum atomic E-state index is 0.518. The van der Waals surface area contributed by atoms with Crippen molar-refractivity contribution in [3.05, 3.63) is 53.9 Å². The van der Waals surface area contributed by atoms with Crippen molar-refractivity contribution in [3.8, 4) is 28.5 Å². The summed E-state index contributed by atoms with van der Waals surface area (Å²) in [6.45, 7) is 1.06. The Bertz CT molecular complexity index is 1310. The molecule has 6 rings (SSSR count). The highest BCUT2D eigenvalue weighted by molar-refractivity contribution is 6.34. The van der Waals surface area contributed by atoms with Crippen LogP contribution in [0, 0.1) is 0 Å². The first-order valence-electron chi connectivity index (χ1n) is 9.39. The number of nitrogens with one attached hydrogen (secondary N) is 1. The number of anilines is 3. The maximum absolute atomic E-state index is 6.51. The van der Waals surface area contributed by atoms with Crippen LogP contribution in [0.4, 0.5) is 17.2 Å². The molecule has 0 unspecified atom stereocenters. The number of fused-ring (bicyclic) bond motifs is 6. The number of halogens is 1. The Morgan fingerprint density at radius 2 is 1.97 bits per heavy atom. The molecule has 0 radical (unpaired) electrons. The number of nitrogens with zero attached hydrogens (tertiary/aromatic N) is 4. The molecule has 30 heavy (non-hydrogen) atoms. The number of rotatable bonds is 2. The molecule has 0 atom stereocenters. The van der Waals surface area contributed by atoms with Crippen molar-refractivity contribution in [2.75, 3.05) is 30.8 Å². The van der Waals surface area contributed by atoms with Crippen molar-refractivity contribution in [1.82, 2.24) is 14.4 Å². The molecule has 0 fully saturated rings. The highest BCUT2D eigenvalue weighted by atomic mass is 35.5. The van der Waals surface area contributed by atoms with E-state index in [1.54, 1.807) is 19.5 Å².